The first-order chi connectivity index (χ1) is 14.0. The summed E-state index contributed by atoms with van der Waals surface area (Å²) in [5.41, 5.74) is 1.20. The van der Waals surface area contributed by atoms with Gasteiger partial charge in [-0.2, -0.15) is 0 Å². The second-order valence-electron chi connectivity index (χ2n) is 7.17. The van der Waals surface area contributed by atoms with Crippen LogP contribution < -0.4 is 21.5 Å². The number of thiazole rings is 1. The fourth-order valence-corrected chi connectivity index (χ4v) is 4.59. The number of benzene rings is 1. The molecule has 1 saturated heterocycles. The molecular weight excluding hydrogens is 390 g/mol. The lowest BCUT2D eigenvalue weighted by Gasteiger charge is -2.12. The predicted molar refractivity (Wildman–Crippen MR) is 115 cm³/mol. The molecule has 29 heavy (non-hydrogen) atoms. The maximum Gasteiger partial charge on any atom is 0.332 e. The van der Waals surface area contributed by atoms with Crippen molar-refractivity contribution in [3.63, 3.8) is 0 Å². The maximum absolute atomic E-state index is 12.7. The van der Waals surface area contributed by atoms with Gasteiger partial charge < -0.3 is 10.2 Å². The number of carbonyl (C=O) groups excluding carboxylic acids is 1. The minimum absolute atomic E-state index is 0.206. The van der Waals surface area contributed by atoms with Gasteiger partial charge in [0.25, 0.3) is 5.56 Å². The van der Waals surface area contributed by atoms with Gasteiger partial charge in [-0.25, -0.2) is 9.78 Å². The van der Waals surface area contributed by atoms with E-state index in [2.05, 4.69) is 22.1 Å². The van der Waals surface area contributed by atoms with Crippen LogP contribution in [-0.4, -0.2) is 33.1 Å². The van der Waals surface area contributed by atoms with Gasteiger partial charge in [-0.3, -0.25) is 18.7 Å². The van der Waals surface area contributed by atoms with Crippen LogP contribution in [0.1, 0.15) is 25.3 Å². The molecule has 8 nitrogen and oxygen atoms in total. The third-order valence-corrected chi connectivity index (χ3v) is 6.29. The Kier molecular flexibility index (Phi) is 5.23. The van der Waals surface area contributed by atoms with Crippen molar-refractivity contribution >= 4 is 38.4 Å². The molecule has 1 aliphatic heterocycles. The molecule has 0 radical (unpaired) electrons. The highest BCUT2D eigenvalue weighted by atomic mass is 32.1. The smallest absolute Gasteiger partial charge is 0.332 e. The Bertz CT molecular complexity index is 1170. The fraction of sp³-hybridized carbons (Fsp3) is 0.400. The van der Waals surface area contributed by atoms with Crippen LogP contribution in [0.2, 0.25) is 0 Å². The van der Waals surface area contributed by atoms with Crippen LogP contribution in [0.4, 0.5) is 10.8 Å². The number of hydrogen-bond donors (Lipinski definition) is 1. The van der Waals surface area contributed by atoms with Crippen molar-refractivity contribution in [3.8, 4) is 0 Å². The average molecular weight is 414 g/mol. The largest absolute Gasteiger partial charge is 0.348 e. The third kappa shape index (κ3) is 3.69. The van der Waals surface area contributed by atoms with E-state index in [0.717, 1.165) is 42.1 Å². The molecular formula is C20H23N5O3S. The summed E-state index contributed by atoms with van der Waals surface area (Å²) in [5, 5.41) is 3.54. The molecule has 1 aromatic carbocycles. The van der Waals surface area contributed by atoms with Crippen LogP contribution in [0.5, 0.6) is 0 Å². The number of aryl methyl sites for hydroxylation is 1. The summed E-state index contributed by atoms with van der Waals surface area (Å²) in [6.45, 7) is 3.63. The van der Waals surface area contributed by atoms with Crippen molar-refractivity contribution < 1.29 is 4.79 Å². The van der Waals surface area contributed by atoms with Crippen molar-refractivity contribution in [2.75, 3.05) is 23.3 Å². The van der Waals surface area contributed by atoms with Gasteiger partial charge in [-0.05, 0) is 37.0 Å². The van der Waals surface area contributed by atoms with E-state index in [-0.39, 0.29) is 23.7 Å². The minimum atomic E-state index is -0.544. The third-order valence-electron chi connectivity index (χ3n) is 5.19. The lowest BCUT2D eigenvalue weighted by Crippen LogP contribution is -2.39. The second kappa shape index (κ2) is 7.82. The number of carbonyl (C=O) groups is 1. The molecule has 0 unspecified atom stereocenters. The van der Waals surface area contributed by atoms with E-state index >= 15 is 0 Å². The number of nitrogens with one attached hydrogen (secondary N) is 1. The zero-order chi connectivity index (χ0) is 20.5. The van der Waals surface area contributed by atoms with Gasteiger partial charge >= 0.3 is 5.69 Å². The zero-order valence-corrected chi connectivity index (χ0v) is 17.3. The SMILES string of the molecule is CCc1ccc(NC(=O)Cn2c(=O)n(C)c(=O)c3sc(N4CCCC4)nc32)cc1. The summed E-state index contributed by atoms with van der Waals surface area (Å²) >= 11 is 1.28. The molecule has 4 rings (SSSR count). The van der Waals surface area contributed by atoms with Crippen LogP contribution in [-0.2, 0) is 24.8 Å². The first-order valence-corrected chi connectivity index (χ1v) is 10.5. The Balaban J connectivity index is 1.67. The van der Waals surface area contributed by atoms with Crippen LogP contribution >= 0.6 is 11.3 Å². The summed E-state index contributed by atoms with van der Waals surface area (Å²) in [6.07, 6.45) is 3.09. The lowest BCUT2D eigenvalue weighted by molar-refractivity contribution is -0.116. The predicted octanol–water partition coefficient (Wildman–Crippen LogP) is 1.96. The summed E-state index contributed by atoms with van der Waals surface area (Å²) in [7, 11) is 1.43. The molecule has 0 aliphatic carbocycles. The van der Waals surface area contributed by atoms with E-state index in [9.17, 15) is 14.4 Å². The molecule has 3 heterocycles. The summed E-state index contributed by atoms with van der Waals surface area (Å²) in [5.74, 6) is -0.341. The summed E-state index contributed by atoms with van der Waals surface area (Å²) < 4.78 is 2.72. The quantitative estimate of drug-likeness (QED) is 0.691. The van der Waals surface area contributed by atoms with Crippen LogP contribution in [0.15, 0.2) is 33.9 Å². The molecule has 1 N–H and O–H groups in total. The zero-order valence-electron chi connectivity index (χ0n) is 16.5. The molecule has 9 heteroatoms. The number of anilines is 2. The maximum atomic E-state index is 12.7. The number of aromatic nitrogens is 3. The van der Waals surface area contributed by atoms with Gasteiger partial charge in [0, 0.05) is 25.8 Å². The van der Waals surface area contributed by atoms with Crippen LogP contribution in [0.3, 0.4) is 0 Å². The first kappa shape index (κ1) is 19.4. The van der Waals surface area contributed by atoms with E-state index in [4.69, 9.17) is 0 Å². The molecule has 1 aliphatic rings. The number of hydrogen-bond acceptors (Lipinski definition) is 6. The van der Waals surface area contributed by atoms with E-state index in [0.29, 0.717) is 10.4 Å². The van der Waals surface area contributed by atoms with Crippen LogP contribution in [0.25, 0.3) is 10.3 Å². The van der Waals surface area contributed by atoms with Crippen molar-refractivity contribution in [1.29, 1.82) is 0 Å². The summed E-state index contributed by atoms with van der Waals surface area (Å²) in [6, 6.07) is 7.58. The van der Waals surface area contributed by atoms with Crippen molar-refractivity contribution in [2.24, 2.45) is 7.05 Å². The normalized spacial score (nSPS) is 13.9. The number of fused-ring (bicyclic) bond motifs is 1. The fourth-order valence-electron chi connectivity index (χ4n) is 3.49. The Morgan fingerprint density at radius 2 is 1.86 bits per heavy atom. The Morgan fingerprint density at radius 3 is 2.52 bits per heavy atom. The van der Waals surface area contributed by atoms with Gasteiger partial charge in [0.05, 0.1) is 0 Å². The van der Waals surface area contributed by atoms with Crippen molar-refractivity contribution in [2.45, 2.75) is 32.7 Å². The highest BCUT2D eigenvalue weighted by Crippen LogP contribution is 2.28. The Morgan fingerprint density at radius 1 is 1.17 bits per heavy atom. The Labute approximate surface area is 171 Å². The minimum Gasteiger partial charge on any atom is -0.348 e. The van der Waals surface area contributed by atoms with E-state index in [1.807, 2.05) is 24.3 Å². The summed E-state index contributed by atoms with van der Waals surface area (Å²) in [4.78, 5) is 44.5. The molecule has 0 atom stereocenters. The molecule has 0 saturated carbocycles. The molecule has 2 aromatic heterocycles. The number of amides is 1. The monoisotopic (exact) mass is 413 g/mol. The topological polar surface area (TPSA) is 89.2 Å². The van der Waals surface area contributed by atoms with Crippen molar-refractivity contribution in [1.82, 2.24) is 14.1 Å². The highest BCUT2D eigenvalue weighted by Gasteiger charge is 2.22. The van der Waals surface area contributed by atoms with Gasteiger partial charge in [0.1, 0.15) is 11.2 Å². The number of nitrogens with zero attached hydrogens (tertiary/aromatic N) is 4. The molecule has 3 aromatic rings. The van der Waals surface area contributed by atoms with Gasteiger partial charge in [-0.15, -0.1) is 0 Å². The molecule has 152 valence electrons. The van der Waals surface area contributed by atoms with Gasteiger partial charge in [0.15, 0.2) is 10.8 Å². The van der Waals surface area contributed by atoms with E-state index in [1.54, 1.807) is 0 Å². The van der Waals surface area contributed by atoms with Crippen LogP contribution in [0, 0.1) is 0 Å². The molecule has 0 bridgehead atoms. The standard InChI is InChI=1S/C20H23N5O3S/c1-3-13-6-8-14(9-7-13)21-15(26)12-25-17-16(18(27)23(2)20(25)28)29-19(22-17)24-10-4-5-11-24/h6-9H,3-5,10-12H2,1-2H3,(H,21,26). The second-order valence-corrected chi connectivity index (χ2v) is 8.15. The van der Waals surface area contributed by atoms with Gasteiger partial charge in [0.2, 0.25) is 5.91 Å². The lowest BCUT2D eigenvalue weighted by atomic mass is 10.1. The molecule has 1 amide bonds. The average Bonchev–Trinajstić information content (AvgIpc) is 3.40. The first-order valence-electron chi connectivity index (χ1n) is 9.72. The van der Waals surface area contributed by atoms with E-state index < -0.39 is 5.69 Å². The Hall–Kier alpha value is -2.94. The van der Waals surface area contributed by atoms with Crippen molar-refractivity contribution in [3.05, 3.63) is 50.7 Å². The highest BCUT2D eigenvalue weighted by molar-refractivity contribution is 7.22. The van der Waals surface area contributed by atoms with E-state index in [1.165, 1.54) is 28.5 Å². The molecule has 1 fully saturated rings. The number of rotatable bonds is 5. The van der Waals surface area contributed by atoms with Gasteiger partial charge in [-0.1, -0.05) is 30.4 Å². The molecule has 0 spiro atoms.